The minimum atomic E-state index is 0. The van der Waals surface area contributed by atoms with E-state index in [0.717, 1.165) is 31.0 Å². The Morgan fingerprint density at radius 3 is 2.55 bits per heavy atom. The summed E-state index contributed by atoms with van der Waals surface area (Å²) >= 11 is 8.39. The Hall–Kier alpha value is -0.670. The summed E-state index contributed by atoms with van der Waals surface area (Å²) in [5, 5.41) is 4.77. The van der Waals surface area contributed by atoms with Gasteiger partial charge in [0.15, 0.2) is 0 Å². The fraction of sp³-hybridized carbons (Fsp3) is 0.333. The summed E-state index contributed by atoms with van der Waals surface area (Å²) < 4.78 is 0. The van der Waals surface area contributed by atoms with E-state index in [9.17, 15) is 0 Å². The number of nitrogens with one attached hydrogen (secondary N) is 1. The van der Waals surface area contributed by atoms with Gasteiger partial charge in [-0.25, -0.2) is 0 Å². The van der Waals surface area contributed by atoms with Crippen molar-refractivity contribution in [2.24, 2.45) is 0 Å². The average molecular weight is 354 g/mol. The minimum Gasteiger partial charge on any atom is -0.316 e. The van der Waals surface area contributed by atoms with E-state index in [4.69, 9.17) is 11.6 Å². The Labute approximate surface area is 148 Å². The van der Waals surface area contributed by atoms with Crippen LogP contribution in [0.3, 0.4) is 0 Å². The van der Waals surface area contributed by atoms with Gasteiger partial charge in [0, 0.05) is 10.1 Å². The normalized spacial score (nSPS) is 15.4. The molecule has 1 nitrogen and oxygen atoms in total. The van der Waals surface area contributed by atoms with Crippen molar-refractivity contribution >= 4 is 35.8 Å². The molecule has 1 atom stereocenters. The van der Waals surface area contributed by atoms with Crippen molar-refractivity contribution in [1.29, 1.82) is 0 Å². The zero-order valence-electron chi connectivity index (χ0n) is 12.6. The van der Waals surface area contributed by atoms with Crippen LogP contribution >= 0.6 is 35.8 Å². The number of hydrogen-bond donors (Lipinski definition) is 1. The first-order valence-electron chi connectivity index (χ1n) is 7.48. The van der Waals surface area contributed by atoms with Crippen LogP contribution in [0.25, 0.3) is 0 Å². The molecule has 1 aliphatic rings. The van der Waals surface area contributed by atoms with Crippen molar-refractivity contribution in [3.63, 3.8) is 0 Å². The Morgan fingerprint density at radius 2 is 1.77 bits per heavy atom. The van der Waals surface area contributed by atoms with Gasteiger partial charge in [-0.1, -0.05) is 48.0 Å². The van der Waals surface area contributed by atoms with E-state index in [0.29, 0.717) is 5.25 Å². The lowest BCUT2D eigenvalue weighted by atomic mass is 10.0. The van der Waals surface area contributed by atoms with Crippen LogP contribution in [0.2, 0.25) is 5.02 Å². The van der Waals surface area contributed by atoms with Crippen molar-refractivity contribution in [3.8, 4) is 0 Å². The van der Waals surface area contributed by atoms with Crippen LogP contribution < -0.4 is 5.32 Å². The molecule has 0 saturated heterocycles. The SMILES string of the molecule is C[C@H](Sc1c(Cl)ccc2c1CCNCC2)c1ccccc1.Cl. The van der Waals surface area contributed by atoms with Crippen molar-refractivity contribution in [2.45, 2.75) is 29.9 Å². The molecule has 118 valence electrons. The van der Waals surface area contributed by atoms with E-state index >= 15 is 0 Å². The summed E-state index contributed by atoms with van der Waals surface area (Å²) in [6.07, 6.45) is 2.17. The Balaban J connectivity index is 0.00000176. The van der Waals surface area contributed by atoms with Crippen LogP contribution in [-0.2, 0) is 12.8 Å². The van der Waals surface area contributed by atoms with Crippen molar-refractivity contribution in [1.82, 2.24) is 5.32 Å². The third-order valence-corrected chi connectivity index (χ3v) is 5.75. The molecule has 1 N–H and O–H groups in total. The molecule has 1 heterocycles. The molecule has 2 aromatic carbocycles. The van der Waals surface area contributed by atoms with Gasteiger partial charge in [-0.2, -0.15) is 0 Å². The summed E-state index contributed by atoms with van der Waals surface area (Å²) in [6.45, 7) is 4.36. The summed E-state index contributed by atoms with van der Waals surface area (Å²) in [6, 6.07) is 14.9. The maximum atomic E-state index is 6.50. The molecule has 0 spiro atoms. The molecule has 4 heteroatoms. The first-order valence-corrected chi connectivity index (χ1v) is 8.74. The Morgan fingerprint density at radius 1 is 1.05 bits per heavy atom. The second-order valence-corrected chi connectivity index (χ2v) is 7.19. The van der Waals surface area contributed by atoms with Gasteiger partial charge in [-0.15, -0.1) is 24.2 Å². The predicted octanol–water partition coefficient (Wildman–Crippen LogP) is 5.30. The third-order valence-electron chi connectivity index (χ3n) is 4.00. The molecule has 0 bridgehead atoms. The van der Waals surface area contributed by atoms with Crippen LogP contribution in [0.5, 0.6) is 0 Å². The second kappa shape index (κ2) is 8.26. The van der Waals surface area contributed by atoms with Crippen LogP contribution in [0.4, 0.5) is 0 Å². The molecule has 2 aromatic rings. The Kier molecular flexibility index (Phi) is 6.64. The van der Waals surface area contributed by atoms with Gasteiger partial charge in [0.1, 0.15) is 0 Å². The van der Waals surface area contributed by atoms with Gasteiger partial charge >= 0.3 is 0 Å². The second-order valence-electron chi connectivity index (χ2n) is 5.43. The molecule has 0 unspecified atom stereocenters. The van der Waals surface area contributed by atoms with E-state index in [1.54, 1.807) is 0 Å². The highest BCUT2D eigenvalue weighted by Crippen LogP contribution is 2.42. The number of thioether (sulfide) groups is 1. The molecule has 0 amide bonds. The fourth-order valence-electron chi connectivity index (χ4n) is 2.81. The maximum absolute atomic E-state index is 6.50. The monoisotopic (exact) mass is 353 g/mol. The number of hydrogen-bond acceptors (Lipinski definition) is 2. The minimum absolute atomic E-state index is 0. The molecule has 3 rings (SSSR count). The average Bonchev–Trinajstić information content (AvgIpc) is 2.76. The molecule has 1 aliphatic heterocycles. The molecule has 0 aromatic heterocycles. The predicted molar refractivity (Wildman–Crippen MR) is 99.7 cm³/mol. The highest BCUT2D eigenvalue weighted by atomic mass is 35.5. The van der Waals surface area contributed by atoms with Crippen LogP contribution in [-0.4, -0.2) is 13.1 Å². The zero-order chi connectivity index (χ0) is 14.7. The molecule has 0 aliphatic carbocycles. The van der Waals surface area contributed by atoms with Gasteiger partial charge in [0.05, 0.1) is 5.02 Å². The fourth-order valence-corrected chi connectivity index (χ4v) is 4.32. The lowest BCUT2D eigenvalue weighted by molar-refractivity contribution is 0.709. The first-order chi connectivity index (χ1) is 10.3. The molecule has 0 fully saturated rings. The standard InChI is InChI=1S/C18H20ClNS.ClH/c1-13(14-5-3-2-4-6-14)21-18-16-10-12-20-11-9-15(16)7-8-17(18)19;/h2-8,13,20H,9-12H2,1H3;1H/t13-;/m0./s1. The van der Waals surface area contributed by atoms with E-state index in [1.165, 1.54) is 21.6 Å². The van der Waals surface area contributed by atoms with Crippen LogP contribution in [0.15, 0.2) is 47.4 Å². The first kappa shape index (κ1) is 17.7. The topological polar surface area (TPSA) is 12.0 Å². The summed E-state index contributed by atoms with van der Waals surface area (Å²) in [7, 11) is 0. The molecular weight excluding hydrogens is 333 g/mol. The van der Waals surface area contributed by atoms with Crippen molar-refractivity contribution in [2.75, 3.05) is 13.1 Å². The summed E-state index contributed by atoms with van der Waals surface area (Å²) in [5.74, 6) is 0. The van der Waals surface area contributed by atoms with E-state index in [1.807, 2.05) is 11.8 Å². The quantitative estimate of drug-likeness (QED) is 0.751. The van der Waals surface area contributed by atoms with Gasteiger partial charge in [0.25, 0.3) is 0 Å². The smallest absolute Gasteiger partial charge is 0.0545 e. The van der Waals surface area contributed by atoms with E-state index < -0.39 is 0 Å². The van der Waals surface area contributed by atoms with Crippen LogP contribution in [0.1, 0.15) is 28.9 Å². The lowest BCUT2D eigenvalue weighted by Crippen LogP contribution is -2.16. The van der Waals surface area contributed by atoms with Gasteiger partial charge < -0.3 is 5.32 Å². The zero-order valence-corrected chi connectivity index (χ0v) is 15.0. The van der Waals surface area contributed by atoms with E-state index in [-0.39, 0.29) is 12.4 Å². The summed E-state index contributed by atoms with van der Waals surface area (Å²) in [4.78, 5) is 1.27. The molecular formula is C18H21Cl2NS. The number of halogens is 2. The highest BCUT2D eigenvalue weighted by molar-refractivity contribution is 7.99. The highest BCUT2D eigenvalue weighted by Gasteiger charge is 2.18. The van der Waals surface area contributed by atoms with E-state index in [2.05, 4.69) is 54.7 Å². The number of rotatable bonds is 3. The summed E-state index contributed by atoms with van der Waals surface area (Å²) in [5.41, 5.74) is 4.25. The molecule has 22 heavy (non-hydrogen) atoms. The number of fused-ring (bicyclic) bond motifs is 1. The maximum Gasteiger partial charge on any atom is 0.0545 e. The van der Waals surface area contributed by atoms with Gasteiger partial charge in [-0.05, 0) is 55.6 Å². The van der Waals surface area contributed by atoms with Crippen molar-refractivity contribution in [3.05, 3.63) is 64.2 Å². The lowest BCUT2D eigenvalue weighted by Gasteiger charge is -2.18. The Bertz CT molecular complexity index is 616. The van der Waals surface area contributed by atoms with Crippen molar-refractivity contribution < 1.29 is 0 Å². The third kappa shape index (κ3) is 3.99. The van der Waals surface area contributed by atoms with Crippen LogP contribution in [0, 0.1) is 0 Å². The van der Waals surface area contributed by atoms with Gasteiger partial charge in [0.2, 0.25) is 0 Å². The number of benzene rings is 2. The largest absolute Gasteiger partial charge is 0.316 e. The molecule has 0 radical (unpaired) electrons. The molecule has 0 saturated carbocycles. The van der Waals surface area contributed by atoms with Gasteiger partial charge in [-0.3, -0.25) is 0 Å².